The molecule has 8 aromatic rings. The lowest BCUT2D eigenvalue weighted by Gasteiger charge is -2.26. The van der Waals surface area contributed by atoms with Crippen LogP contribution in [0.5, 0.6) is 46.0 Å². The number of phenols is 8. The van der Waals surface area contributed by atoms with Crippen LogP contribution in [0.2, 0.25) is 0 Å². The SMILES string of the molecule is CCc1c(O)c2c(=O)c3c(O)cc(O)c4c5c(O)cc(O)c6c(=O)c7c(O)c(C(C)C)c(O)c8c(c1O)c2c(c34)c(c65)c78. The van der Waals surface area contributed by atoms with Crippen molar-refractivity contribution in [2.24, 2.45) is 0 Å². The highest BCUT2D eigenvalue weighted by atomic mass is 16.3. The van der Waals surface area contributed by atoms with E-state index in [1.807, 2.05) is 0 Å². The van der Waals surface area contributed by atoms with Crippen molar-refractivity contribution in [3.05, 3.63) is 43.7 Å². The van der Waals surface area contributed by atoms with Gasteiger partial charge in [0.1, 0.15) is 46.0 Å². The zero-order valence-corrected chi connectivity index (χ0v) is 22.8. The average molecular weight is 579 g/mol. The molecule has 43 heavy (non-hydrogen) atoms. The lowest BCUT2D eigenvalue weighted by atomic mass is 9.77. The van der Waals surface area contributed by atoms with Crippen LogP contribution in [0.1, 0.15) is 37.8 Å². The van der Waals surface area contributed by atoms with Crippen LogP contribution in [0, 0.1) is 0 Å². The summed E-state index contributed by atoms with van der Waals surface area (Å²) in [6, 6.07) is 1.83. The fourth-order valence-corrected chi connectivity index (χ4v) is 7.61. The zero-order valence-electron chi connectivity index (χ0n) is 22.8. The van der Waals surface area contributed by atoms with Gasteiger partial charge in [0.2, 0.25) is 10.9 Å². The van der Waals surface area contributed by atoms with Crippen molar-refractivity contribution >= 4 is 75.4 Å². The molecule has 0 amide bonds. The number of fused-ring (bicyclic) bond motifs is 2. The van der Waals surface area contributed by atoms with Gasteiger partial charge in [-0.3, -0.25) is 9.59 Å². The van der Waals surface area contributed by atoms with Crippen molar-refractivity contribution in [1.82, 2.24) is 0 Å². The molecule has 0 aliphatic rings. The van der Waals surface area contributed by atoms with Crippen LogP contribution in [-0.4, -0.2) is 40.9 Å². The highest BCUT2D eigenvalue weighted by molar-refractivity contribution is 6.51. The van der Waals surface area contributed by atoms with Gasteiger partial charge in [0.25, 0.3) is 0 Å². The average Bonchev–Trinajstić information content (AvgIpc) is 2.92. The van der Waals surface area contributed by atoms with E-state index in [4.69, 9.17) is 0 Å². The van der Waals surface area contributed by atoms with Gasteiger partial charge in [-0.25, -0.2) is 0 Å². The molecule has 0 aliphatic heterocycles. The standard InChI is InChI=1S/C33H22O10/c1-4-8-28(38)24-22-20-18-14(9(34)5-11(36)16(18)32(42)26(22)29(8)39)15-10(35)6-12(37)17-19(15)21(20)23-25(24)30(40)13(7(2)3)31(41)27(23)33(17)43/h5-7,34-41H,4H2,1-3H3. The van der Waals surface area contributed by atoms with E-state index >= 15 is 0 Å². The van der Waals surface area contributed by atoms with Crippen molar-refractivity contribution in [2.75, 3.05) is 0 Å². The second-order valence-electron chi connectivity index (χ2n) is 11.5. The Morgan fingerprint density at radius 1 is 0.465 bits per heavy atom. The quantitative estimate of drug-likeness (QED) is 0.0949. The molecular weight excluding hydrogens is 556 g/mol. The monoisotopic (exact) mass is 578 g/mol. The smallest absolute Gasteiger partial charge is 0.201 e. The molecule has 10 heteroatoms. The van der Waals surface area contributed by atoms with E-state index in [0.29, 0.717) is 0 Å². The summed E-state index contributed by atoms with van der Waals surface area (Å²) in [7, 11) is 0. The predicted molar refractivity (Wildman–Crippen MR) is 163 cm³/mol. The third-order valence-corrected chi connectivity index (χ3v) is 9.19. The van der Waals surface area contributed by atoms with E-state index in [9.17, 15) is 50.4 Å². The molecule has 0 radical (unpaired) electrons. The third kappa shape index (κ3) is 2.45. The molecule has 0 saturated carbocycles. The summed E-state index contributed by atoms with van der Waals surface area (Å²) in [5.74, 6) is -4.89. The molecule has 0 bridgehead atoms. The van der Waals surface area contributed by atoms with Crippen molar-refractivity contribution in [2.45, 2.75) is 33.1 Å². The number of rotatable bonds is 2. The molecule has 8 rings (SSSR count). The Hall–Kier alpha value is -5.64. The second kappa shape index (κ2) is 7.40. The van der Waals surface area contributed by atoms with Crippen molar-refractivity contribution in [3.8, 4) is 46.0 Å². The van der Waals surface area contributed by atoms with E-state index < -0.39 is 62.8 Å². The van der Waals surface area contributed by atoms with Gasteiger partial charge in [-0.2, -0.15) is 0 Å². The molecule has 0 aromatic heterocycles. The van der Waals surface area contributed by atoms with E-state index in [1.54, 1.807) is 20.8 Å². The van der Waals surface area contributed by atoms with Crippen LogP contribution >= 0.6 is 0 Å². The van der Waals surface area contributed by atoms with Crippen LogP contribution in [0.4, 0.5) is 0 Å². The Morgan fingerprint density at radius 3 is 1.23 bits per heavy atom. The van der Waals surface area contributed by atoms with Gasteiger partial charge in [-0.05, 0) is 12.3 Å². The molecule has 0 unspecified atom stereocenters. The van der Waals surface area contributed by atoms with Gasteiger partial charge in [-0.15, -0.1) is 0 Å². The first kappa shape index (κ1) is 25.1. The summed E-state index contributed by atoms with van der Waals surface area (Å²) in [4.78, 5) is 28.5. The minimum atomic E-state index is -0.833. The largest absolute Gasteiger partial charge is 0.507 e. The zero-order chi connectivity index (χ0) is 30.7. The van der Waals surface area contributed by atoms with Gasteiger partial charge in [-0.1, -0.05) is 20.8 Å². The normalized spacial score (nSPS) is 12.8. The fourth-order valence-electron chi connectivity index (χ4n) is 7.61. The number of aromatic hydroxyl groups is 8. The number of benzene rings is 8. The summed E-state index contributed by atoms with van der Waals surface area (Å²) < 4.78 is 0. The second-order valence-corrected chi connectivity index (χ2v) is 11.5. The van der Waals surface area contributed by atoms with E-state index in [2.05, 4.69) is 0 Å². The molecule has 0 spiro atoms. The van der Waals surface area contributed by atoms with Gasteiger partial charge in [0.05, 0.1) is 21.5 Å². The molecule has 0 aliphatic carbocycles. The number of hydrogen-bond donors (Lipinski definition) is 8. The van der Waals surface area contributed by atoms with Gasteiger partial charge in [0, 0.05) is 77.1 Å². The Bertz CT molecular complexity index is 2690. The molecule has 8 N–H and O–H groups in total. The molecule has 10 nitrogen and oxygen atoms in total. The lowest BCUT2D eigenvalue weighted by molar-refractivity contribution is 0.440. The predicted octanol–water partition coefficient (Wildman–Crippen LogP) is 5.56. The topological polar surface area (TPSA) is 196 Å². The third-order valence-electron chi connectivity index (χ3n) is 9.19. The summed E-state index contributed by atoms with van der Waals surface area (Å²) in [6.07, 6.45) is 0.0581. The summed E-state index contributed by atoms with van der Waals surface area (Å²) >= 11 is 0. The van der Waals surface area contributed by atoms with Crippen LogP contribution < -0.4 is 10.9 Å². The van der Waals surface area contributed by atoms with Crippen LogP contribution in [0.25, 0.3) is 75.4 Å². The minimum Gasteiger partial charge on any atom is -0.507 e. The number of phenolic OH excluding ortho intramolecular Hbond substituents is 8. The van der Waals surface area contributed by atoms with E-state index in [-0.39, 0.29) is 93.0 Å². The van der Waals surface area contributed by atoms with Crippen molar-refractivity contribution < 1.29 is 40.9 Å². The molecule has 0 fully saturated rings. The van der Waals surface area contributed by atoms with Gasteiger partial charge < -0.3 is 40.9 Å². The molecule has 0 saturated heterocycles. The number of hydrogen-bond acceptors (Lipinski definition) is 10. The molecule has 214 valence electrons. The first-order valence-electron chi connectivity index (χ1n) is 13.6. The highest BCUT2D eigenvalue weighted by Gasteiger charge is 2.36. The summed E-state index contributed by atoms with van der Waals surface area (Å²) in [6.45, 7) is 5.00. The van der Waals surface area contributed by atoms with Crippen molar-refractivity contribution in [1.29, 1.82) is 0 Å². The van der Waals surface area contributed by atoms with Gasteiger partial charge >= 0.3 is 0 Å². The maximum Gasteiger partial charge on any atom is 0.201 e. The maximum absolute atomic E-state index is 14.3. The fraction of sp³-hybridized carbons (Fsp3) is 0.152. The Labute approximate surface area is 239 Å². The highest BCUT2D eigenvalue weighted by Crippen LogP contribution is 2.60. The Morgan fingerprint density at radius 2 is 0.791 bits per heavy atom. The molecule has 0 atom stereocenters. The lowest BCUT2D eigenvalue weighted by Crippen LogP contribution is -2.11. The molecular formula is C33H22O10. The van der Waals surface area contributed by atoms with E-state index in [0.717, 1.165) is 12.1 Å². The first-order chi connectivity index (χ1) is 20.3. The Kier molecular flexibility index (Phi) is 4.32. The molecule has 8 aromatic carbocycles. The first-order valence-corrected chi connectivity index (χ1v) is 13.6. The van der Waals surface area contributed by atoms with Crippen molar-refractivity contribution in [3.63, 3.8) is 0 Å². The maximum atomic E-state index is 14.3. The summed E-state index contributed by atoms with van der Waals surface area (Å²) in [5.41, 5.74) is -1.70. The van der Waals surface area contributed by atoms with Gasteiger partial charge in [0.15, 0.2) is 0 Å². The van der Waals surface area contributed by atoms with Crippen LogP contribution in [0.15, 0.2) is 21.7 Å². The van der Waals surface area contributed by atoms with Crippen LogP contribution in [0.3, 0.4) is 0 Å². The summed E-state index contributed by atoms with van der Waals surface area (Å²) in [5, 5.41) is 89.4. The van der Waals surface area contributed by atoms with E-state index in [1.165, 1.54) is 0 Å². The minimum absolute atomic E-state index is 0.0123. The Balaban J connectivity index is 2.01. The van der Waals surface area contributed by atoms with Crippen LogP contribution in [-0.2, 0) is 6.42 Å². The molecule has 0 heterocycles.